The van der Waals surface area contributed by atoms with E-state index in [4.69, 9.17) is 0 Å². The van der Waals surface area contributed by atoms with E-state index in [1.165, 1.54) is 16.7 Å². The molecule has 0 fully saturated rings. The summed E-state index contributed by atoms with van der Waals surface area (Å²) in [4.78, 5) is 4.35. The highest BCUT2D eigenvalue weighted by Gasteiger charge is 2.14. The quantitative estimate of drug-likeness (QED) is 0.550. The molecule has 0 aliphatic heterocycles. The predicted molar refractivity (Wildman–Crippen MR) is 112 cm³/mol. The zero-order chi connectivity index (χ0) is 19.0. The summed E-state index contributed by atoms with van der Waals surface area (Å²) in [5, 5.41) is 21.2. The van der Waals surface area contributed by atoms with E-state index < -0.39 is 7.12 Å². The zero-order valence-electron chi connectivity index (χ0n) is 15.3. The van der Waals surface area contributed by atoms with E-state index in [1.54, 1.807) is 12.3 Å². The van der Waals surface area contributed by atoms with E-state index in [9.17, 15) is 10.0 Å². The van der Waals surface area contributed by atoms with E-state index in [2.05, 4.69) is 49.2 Å². The van der Waals surface area contributed by atoms with Gasteiger partial charge in [-0.1, -0.05) is 60.2 Å². The lowest BCUT2D eigenvalue weighted by atomic mass is 9.79. The molecule has 4 aromatic rings. The van der Waals surface area contributed by atoms with Crippen molar-refractivity contribution in [3.63, 3.8) is 0 Å². The Hall–Kier alpha value is -2.95. The highest BCUT2D eigenvalue weighted by atomic mass is 16.4. The Kier molecular flexibility index (Phi) is 4.52. The number of hydrogen-bond acceptors (Lipinski definition) is 3. The minimum Gasteiger partial charge on any atom is -0.423 e. The molecule has 3 nitrogen and oxygen atoms in total. The Bertz CT molecular complexity index is 1140. The highest BCUT2D eigenvalue weighted by molar-refractivity contribution is 6.58. The Morgan fingerprint density at radius 1 is 0.778 bits per heavy atom. The lowest BCUT2D eigenvalue weighted by Gasteiger charge is -2.14. The molecule has 0 aliphatic rings. The number of aromatic nitrogens is 1. The summed E-state index contributed by atoms with van der Waals surface area (Å²) in [6.07, 6.45) is 3.69. The second kappa shape index (κ2) is 6.99. The molecule has 0 unspecified atom stereocenters. The maximum atomic E-state index is 9.50. The van der Waals surface area contributed by atoms with Gasteiger partial charge in [-0.15, -0.1) is 0 Å². The van der Waals surface area contributed by atoms with Crippen molar-refractivity contribution < 1.29 is 10.0 Å². The molecule has 0 amide bonds. The van der Waals surface area contributed by atoms with Crippen LogP contribution in [0.25, 0.3) is 33.0 Å². The first kappa shape index (κ1) is 17.5. The molecule has 0 saturated carbocycles. The third-order valence-corrected chi connectivity index (χ3v) is 4.99. The van der Waals surface area contributed by atoms with Gasteiger partial charge < -0.3 is 10.0 Å². The monoisotopic (exact) mass is 353 g/mol. The molecule has 3 aromatic carbocycles. The molecule has 1 aromatic heterocycles. The SMILES string of the molecule is Cc1ccc(-c2ccc(-c3cccc(B(O)O)c3)c3ccncc23)c(C)c1. The number of benzene rings is 3. The van der Waals surface area contributed by atoms with Crippen LogP contribution in [0.2, 0.25) is 0 Å². The third-order valence-electron chi connectivity index (χ3n) is 4.99. The van der Waals surface area contributed by atoms with Crippen molar-refractivity contribution in [1.82, 2.24) is 4.98 Å². The van der Waals surface area contributed by atoms with Crippen LogP contribution in [0.4, 0.5) is 0 Å². The average molecular weight is 353 g/mol. The molecule has 4 heteroatoms. The minimum absolute atomic E-state index is 0.480. The van der Waals surface area contributed by atoms with Gasteiger partial charge in [0.25, 0.3) is 0 Å². The fourth-order valence-electron chi connectivity index (χ4n) is 3.66. The Labute approximate surface area is 159 Å². The first-order chi connectivity index (χ1) is 13.0. The summed E-state index contributed by atoms with van der Waals surface area (Å²) in [6, 6.07) is 20.1. The third kappa shape index (κ3) is 3.25. The summed E-state index contributed by atoms with van der Waals surface area (Å²) in [7, 11) is -1.48. The molecule has 0 radical (unpaired) electrons. The van der Waals surface area contributed by atoms with Crippen LogP contribution in [-0.4, -0.2) is 22.2 Å². The lowest BCUT2D eigenvalue weighted by molar-refractivity contribution is 0.426. The van der Waals surface area contributed by atoms with Gasteiger partial charge >= 0.3 is 7.12 Å². The zero-order valence-corrected chi connectivity index (χ0v) is 15.3. The highest BCUT2D eigenvalue weighted by Crippen LogP contribution is 2.36. The van der Waals surface area contributed by atoms with Crippen LogP contribution in [0.1, 0.15) is 11.1 Å². The van der Waals surface area contributed by atoms with Crippen molar-refractivity contribution in [2.24, 2.45) is 0 Å². The van der Waals surface area contributed by atoms with Crippen LogP contribution in [0.15, 0.2) is 73.1 Å². The standard InChI is InChI=1S/C23H20BNO2/c1-15-6-7-19(16(2)12-15)21-9-8-20(22-10-11-25-14-23(21)22)17-4-3-5-18(13-17)24(26)27/h3-14,26-27H,1-2H3. The molecule has 0 atom stereocenters. The molecule has 1 heterocycles. The van der Waals surface area contributed by atoms with Crippen LogP contribution >= 0.6 is 0 Å². The number of rotatable bonds is 3. The van der Waals surface area contributed by atoms with Gasteiger partial charge in [-0.25, -0.2) is 0 Å². The molecule has 132 valence electrons. The van der Waals surface area contributed by atoms with Crippen LogP contribution in [0, 0.1) is 13.8 Å². The van der Waals surface area contributed by atoms with Crippen molar-refractivity contribution in [2.45, 2.75) is 13.8 Å². The minimum atomic E-state index is -1.48. The summed E-state index contributed by atoms with van der Waals surface area (Å²) in [5.41, 5.74) is 7.30. The molecule has 0 bridgehead atoms. The van der Waals surface area contributed by atoms with Gasteiger partial charge in [0, 0.05) is 17.8 Å². The second-order valence-corrected chi connectivity index (χ2v) is 6.90. The van der Waals surface area contributed by atoms with Crippen LogP contribution in [0.5, 0.6) is 0 Å². The molecule has 27 heavy (non-hydrogen) atoms. The summed E-state index contributed by atoms with van der Waals surface area (Å²) < 4.78 is 0. The van der Waals surface area contributed by atoms with Gasteiger partial charge in [0.15, 0.2) is 0 Å². The second-order valence-electron chi connectivity index (χ2n) is 6.90. The first-order valence-corrected chi connectivity index (χ1v) is 8.95. The molecule has 0 spiro atoms. The fourth-order valence-corrected chi connectivity index (χ4v) is 3.66. The maximum Gasteiger partial charge on any atom is 0.488 e. The van der Waals surface area contributed by atoms with Gasteiger partial charge in [-0.2, -0.15) is 0 Å². The Morgan fingerprint density at radius 2 is 1.56 bits per heavy atom. The fraction of sp³-hybridized carbons (Fsp3) is 0.0870. The number of aryl methyl sites for hydroxylation is 2. The smallest absolute Gasteiger partial charge is 0.423 e. The van der Waals surface area contributed by atoms with E-state index >= 15 is 0 Å². The summed E-state index contributed by atoms with van der Waals surface area (Å²) >= 11 is 0. The lowest BCUT2D eigenvalue weighted by Crippen LogP contribution is -2.29. The normalized spacial score (nSPS) is 11.0. The number of pyridine rings is 1. The van der Waals surface area contributed by atoms with Gasteiger partial charge in [0.1, 0.15) is 0 Å². The van der Waals surface area contributed by atoms with Gasteiger partial charge in [-0.3, -0.25) is 4.98 Å². The van der Waals surface area contributed by atoms with Crippen LogP contribution in [0.3, 0.4) is 0 Å². The van der Waals surface area contributed by atoms with Gasteiger partial charge in [-0.05, 0) is 58.6 Å². The van der Waals surface area contributed by atoms with Gasteiger partial charge in [0.05, 0.1) is 0 Å². The molecular formula is C23H20BNO2. The van der Waals surface area contributed by atoms with Crippen molar-refractivity contribution >= 4 is 23.4 Å². The average Bonchev–Trinajstić information content (AvgIpc) is 2.67. The number of nitrogens with zero attached hydrogens (tertiary/aromatic N) is 1. The van der Waals surface area contributed by atoms with Crippen molar-refractivity contribution in [2.75, 3.05) is 0 Å². The predicted octanol–water partition coefficient (Wildman–Crippen LogP) is 3.87. The Morgan fingerprint density at radius 3 is 2.33 bits per heavy atom. The topological polar surface area (TPSA) is 53.4 Å². The maximum absolute atomic E-state index is 9.50. The van der Waals surface area contributed by atoms with Gasteiger partial charge in [0.2, 0.25) is 0 Å². The molecule has 0 saturated heterocycles. The van der Waals surface area contributed by atoms with E-state index in [1.807, 2.05) is 30.5 Å². The molecule has 2 N–H and O–H groups in total. The summed E-state index contributed by atoms with van der Waals surface area (Å²) in [5.74, 6) is 0. The molecule has 4 rings (SSSR count). The van der Waals surface area contributed by atoms with Crippen molar-refractivity contribution in [3.8, 4) is 22.3 Å². The van der Waals surface area contributed by atoms with Crippen LogP contribution < -0.4 is 5.46 Å². The largest absolute Gasteiger partial charge is 0.488 e. The number of hydrogen-bond donors (Lipinski definition) is 2. The first-order valence-electron chi connectivity index (χ1n) is 8.95. The summed E-state index contributed by atoms with van der Waals surface area (Å²) in [6.45, 7) is 4.23. The Balaban J connectivity index is 1.95. The van der Waals surface area contributed by atoms with Crippen molar-refractivity contribution in [1.29, 1.82) is 0 Å². The van der Waals surface area contributed by atoms with Crippen molar-refractivity contribution in [3.05, 3.63) is 84.2 Å². The van der Waals surface area contributed by atoms with E-state index in [0.29, 0.717) is 5.46 Å². The molecular weight excluding hydrogens is 333 g/mol. The van der Waals surface area contributed by atoms with E-state index in [-0.39, 0.29) is 0 Å². The van der Waals surface area contributed by atoms with E-state index in [0.717, 1.165) is 27.5 Å². The molecule has 0 aliphatic carbocycles. The van der Waals surface area contributed by atoms with Crippen LogP contribution in [-0.2, 0) is 0 Å². The number of fused-ring (bicyclic) bond motifs is 1.